The van der Waals surface area contributed by atoms with E-state index in [4.69, 9.17) is 0 Å². The number of hydrogen-bond acceptors (Lipinski definition) is 3. The summed E-state index contributed by atoms with van der Waals surface area (Å²) >= 11 is 13.4. The Kier molecular flexibility index (Phi) is 6.66. The lowest BCUT2D eigenvalue weighted by atomic mass is 9.86. The Bertz CT molecular complexity index is 916. The number of carbonyl (C=O) groups excluding carboxylic acids is 1. The first kappa shape index (κ1) is 20.8. The van der Waals surface area contributed by atoms with Gasteiger partial charge in [0.2, 0.25) is 0 Å². The summed E-state index contributed by atoms with van der Waals surface area (Å²) in [5.41, 5.74) is 2.44. The molecule has 27 heavy (non-hydrogen) atoms. The van der Waals surface area contributed by atoms with E-state index in [1.807, 2.05) is 0 Å². The van der Waals surface area contributed by atoms with Crippen LogP contribution in [0.1, 0.15) is 30.4 Å². The van der Waals surface area contributed by atoms with Gasteiger partial charge in [0.15, 0.2) is 5.78 Å². The van der Waals surface area contributed by atoms with Crippen molar-refractivity contribution in [2.24, 2.45) is 0 Å². The summed E-state index contributed by atoms with van der Waals surface area (Å²) in [5.74, 6) is 0.138. The first-order valence-electron chi connectivity index (χ1n) is 8.08. The third-order valence-corrected chi connectivity index (χ3v) is 6.37. The minimum Gasteiger partial charge on any atom is -0.506 e. The van der Waals surface area contributed by atoms with Crippen LogP contribution in [0.5, 0.6) is 11.5 Å². The van der Waals surface area contributed by atoms with Crippen molar-refractivity contribution in [3.8, 4) is 11.5 Å². The van der Waals surface area contributed by atoms with Gasteiger partial charge in [0.25, 0.3) is 0 Å². The molecule has 2 aromatic rings. The second-order valence-electron chi connectivity index (χ2n) is 6.17. The Morgan fingerprint density at radius 1 is 0.741 bits per heavy atom. The molecule has 3 nitrogen and oxygen atoms in total. The van der Waals surface area contributed by atoms with Crippen LogP contribution in [-0.2, 0) is 4.79 Å². The van der Waals surface area contributed by atoms with Gasteiger partial charge < -0.3 is 10.2 Å². The molecule has 0 saturated heterocycles. The molecule has 7 heteroatoms. The summed E-state index contributed by atoms with van der Waals surface area (Å²) in [7, 11) is 0. The van der Waals surface area contributed by atoms with Crippen molar-refractivity contribution in [3.63, 3.8) is 0 Å². The van der Waals surface area contributed by atoms with Crippen LogP contribution in [0.4, 0.5) is 0 Å². The summed E-state index contributed by atoms with van der Waals surface area (Å²) < 4.78 is 2.74. The fourth-order valence-electron chi connectivity index (χ4n) is 2.95. The van der Waals surface area contributed by atoms with E-state index in [9.17, 15) is 15.0 Å². The van der Waals surface area contributed by atoms with Crippen LogP contribution < -0.4 is 0 Å². The molecule has 1 aliphatic carbocycles. The number of benzene rings is 2. The second kappa shape index (κ2) is 8.64. The fraction of sp³-hybridized carbons (Fsp3) is 0.150. The van der Waals surface area contributed by atoms with Crippen molar-refractivity contribution in [1.82, 2.24) is 0 Å². The van der Waals surface area contributed by atoms with Gasteiger partial charge in [0, 0.05) is 31.2 Å². The highest BCUT2D eigenvalue weighted by Gasteiger charge is 2.22. The molecule has 1 saturated carbocycles. The van der Waals surface area contributed by atoms with Gasteiger partial charge in [0.1, 0.15) is 11.5 Å². The molecular formula is C20H14Br4O3. The number of Topliss-reactive ketones (excluding diaryl/α,β-unsaturated/α-hetero) is 1. The molecule has 1 fully saturated rings. The van der Waals surface area contributed by atoms with E-state index in [1.165, 1.54) is 0 Å². The summed E-state index contributed by atoms with van der Waals surface area (Å²) in [5, 5.41) is 20.5. The third-order valence-electron chi connectivity index (χ3n) is 4.25. The van der Waals surface area contributed by atoms with Crippen LogP contribution in [-0.4, -0.2) is 16.0 Å². The van der Waals surface area contributed by atoms with Crippen LogP contribution in [0.15, 0.2) is 53.3 Å². The van der Waals surface area contributed by atoms with Crippen LogP contribution >= 0.6 is 63.7 Å². The quantitative estimate of drug-likeness (QED) is 0.345. The SMILES string of the molecule is O=C1C(=Cc2cc(Br)cc(Br)c2O)CCCC1=Cc1cc(Br)cc(Br)c1O. The number of allylic oxidation sites excluding steroid dienone is 2. The lowest BCUT2D eigenvalue weighted by Gasteiger charge is -2.17. The molecule has 2 aromatic carbocycles. The van der Waals surface area contributed by atoms with Crippen LogP contribution in [0.25, 0.3) is 12.2 Å². The van der Waals surface area contributed by atoms with E-state index in [2.05, 4.69) is 63.7 Å². The molecule has 0 spiro atoms. The molecule has 0 amide bonds. The fourth-order valence-corrected chi connectivity index (χ4v) is 5.46. The minimum absolute atomic E-state index is 0.0627. The zero-order chi connectivity index (χ0) is 19.7. The normalized spacial score (nSPS) is 17.7. The van der Waals surface area contributed by atoms with Gasteiger partial charge in [-0.1, -0.05) is 31.9 Å². The van der Waals surface area contributed by atoms with Crippen molar-refractivity contribution in [1.29, 1.82) is 0 Å². The number of phenols is 2. The Morgan fingerprint density at radius 2 is 1.15 bits per heavy atom. The van der Waals surface area contributed by atoms with E-state index in [-0.39, 0.29) is 17.3 Å². The lowest BCUT2D eigenvalue weighted by molar-refractivity contribution is -0.112. The number of rotatable bonds is 2. The van der Waals surface area contributed by atoms with Gasteiger partial charge >= 0.3 is 0 Å². The van der Waals surface area contributed by atoms with Gasteiger partial charge in [-0.15, -0.1) is 0 Å². The molecule has 0 unspecified atom stereocenters. The molecule has 0 aromatic heterocycles. The first-order valence-corrected chi connectivity index (χ1v) is 11.3. The topological polar surface area (TPSA) is 57.5 Å². The highest BCUT2D eigenvalue weighted by atomic mass is 79.9. The van der Waals surface area contributed by atoms with Crippen LogP contribution in [0.3, 0.4) is 0 Å². The molecule has 0 radical (unpaired) electrons. The van der Waals surface area contributed by atoms with Crippen molar-refractivity contribution in [2.75, 3.05) is 0 Å². The number of aromatic hydroxyl groups is 2. The molecule has 140 valence electrons. The van der Waals surface area contributed by atoms with E-state index in [0.717, 1.165) is 15.4 Å². The molecule has 0 atom stereocenters. The number of phenolic OH excluding ortho intramolecular Hbond substituents is 2. The molecule has 0 aliphatic heterocycles. The number of halogens is 4. The van der Waals surface area contributed by atoms with E-state index in [1.54, 1.807) is 36.4 Å². The Morgan fingerprint density at radius 3 is 1.56 bits per heavy atom. The van der Waals surface area contributed by atoms with Gasteiger partial charge in [-0.2, -0.15) is 0 Å². The summed E-state index contributed by atoms with van der Waals surface area (Å²) in [4.78, 5) is 12.9. The zero-order valence-electron chi connectivity index (χ0n) is 13.9. The molecule has 0 bridgehead atoms. The number of hydrogen-bond donors (Lipinski definition) is 2. The largest absolute Gasteiger partial charge is 0.506 e. The summed E-state index contributed by atoms with van der Waals surface area (Å²) in [6.07, 6.45) is 5.59. The van der Waals surface area contributed by atoms with Crippen molar-refractivity contribution < 1.29 is 15.0 Å². The van der Waals surface area contributed by atoms with Gasteiger partial charge in [0.05, 0.1) is 8.95 Å². The smallest absolute Gasteiger partial charge is 0.185 e. The average molecular weight is 622 g/mol. The highest BCUT2D eigenvalue weighted by molar-refractivity contribution is 9.11. The van der Waals surface area contributed by atoms with E-state index in [0.29, 0.717) is 44.1 Å². The first-order chi connectivity index (χ1) is 12.8. The summed E-state index contributed by atoms with van der Waals surface area (Å²) in [6, 6.07) is 7.05. The maximum Gasteiger partial charge on any atom is 0.185 e. The summed E-state index contributed by atoms with van der Waals surface area (Å²) in [6.45, 7) is 0. The molecule has 2 N–H and O–H groups in total. The van der Waals surface area contributed by atoms with Crippen LogP contribution in [0.2, 0.25) is 0 Å². The maximum atomic E-state index is 12.9. The Hall–Kier alpha value is -0.890. The predicted octanol–water partition coefficient (Wildman–Crippen LogP) is 7.37. The lowest BCUT2D eigenvalue weighted by Crippen LogP contribution is -2.12. The average Bonchev–Trinajstić information content (AvgIpc) is 2.60. The predicted molar refractivity (Wildman–Crippen MR) is 122 cm³/mol. The Labute approximate surface area is 190 Å². The van der Waals surface area contributed by atoms with Gasteiger partial charge in [-0.05, 0) is 87.5 Å². The highest BCUT2D eigenvalue weighted by Crippen LogP contribution is 2.37. The van der Waals surface area contributed by atoms with Crippen molar-refractivity contribution >= 4 is 81.7 Å². The monoisotopic (exact) mass is 618 g/mol. The van der Waals surface area contributed by atoms with Crippen molar-refractivity contribution in [2.45, 2.75) is 19.3 Å². The van der Waals surface area contributed by atoms with Crippen LogP contribution in [0, 0.1) is 0 Å². The Balaban J connectivity index is 2.00. The minimum atomic E-state index is -0.0627. The molecular weight excluding hydrogens is 608 g/mol. The third kappa shape index (κ3) is 4.75. The van der Waals surface area contributed by atoms with Crippen molar-refractivity contribution in [3.05, 3.63) is 64.4 Å². The molecule has 1 aliphatic rings. The molecule has 3 rings (SSSR count). The van der Waals surface area contributed by atoms with E-state index < -0.39 is 0 Å². The number of ketones is 1. The zero-order valence-corrected chi connectivity index (χ0v) is 20.2. The van der Waals surface area contributed by atoms with Gasteiger partial charge in [-0.25, -0.2) is 0 Å². The molecule has 0 heterocycles. The maximum absolute atomic E-state index is 12.9. The van der Waals surface area contributed by atoms with E-state index >= 15 is 0 Å². The number of carbonyl (C=O) groups is 1. The van der Waals surface area contributed by atoms with Gasteiger partial charge in [-0.3, -0.25) is 4.79 Å². The standard InChI is InChI=1S/C20H14Br4O3/c21-14-6-12(19(26)16(23)8-14)4-10-2-1-3-11(18(10)25)5-13-7-15(22)9-17(24)20(13)27/h4-9,26-27H,1-3H2. The second-order valence-corrected chi connectivity index (χ2v) is 9.71.